The van der Waals surface area contributed by atoms with Crippen LogP contribution in [0.4, 0.5) is 0 Å². The van der Waals surface area contributed by atoms with Gasteiger partial charge in [-0.15, -0.1) is 6.58 Å². The Hall–Kier alpha value is -3.35. The zero-order chi connectivity index (χ0) is 19.6. The average molecular weight is 369 g/mol. The third kappa shape index (κ3) is 5.57. The molecule has 1 aromatic carbocycles. The molecule has 0 spiro atoms. The number of methoxy groups -OCH3 is 2. The summed E-state index contributed by atoms with van der Waals surface area (Å²) in [4.78, 5) is 28.2. The van der Waals surface area contributed by atoms with E-state index in [4.69, 9.17) is 9.47 Å². The fourth-order valence-electron chi connectivity index (χ4n) is 2.41. The maximum absolute atomic E-state index is 12.3. The molecule has 0 aliphatic carbocycles. The molecule has 2 amide bonds. The van der Waals surface area contributed by atoms with E-state index < -0.39 is 0 Å². The summed E-state index contributed by atoms with van der Waals surface area (Å²) < 4.78 is 10.5. The van der Waals surface area contributed by atoms with Crippen molar-refractivity contribution in [1.82, 2.24) is 15.6 Å². The van der Waals surface area contributed by atoms with Gasteiger partial charge in [0, 0.05) is 24.8 Å². The average Bonchev–Trinajstić information content (AvgIpc) is 2.71. The number of carbonyl (C=O) groups excluding carboxylic acids is 2. The van der Waals surface area contributed by atoms with E-state index in [0.717, 1.165) is 5.56 Å². The number of hydrogen-bond donors (Lipinski definition) is 2. The third-order valence-corrected chi connectivity index (χ3v) is 3.81. The van der Waals surface area contributed by atoms with Gasteiger partial charge in [0.05, 0.1) is 14.2 Å². The highest BCUT2D eigenvalue weighted by Gasteiger charge is 2.11. The lowest BCUT2D eigenvalue weighted by atomic mass is 10.1. The monoisotopic (exact) mass is 369 g/mol. The quantitative estimate of drug-likeness (QED) is 0.660. The van der Waals surface area contributed by atoms with Crippen molar-refractivity contribution in [2.45, 2.75) is 6.42 Å². The molecule has 0 saturated carbocycles. The zero-order valence-electron chi connectivity index (χ0n) is 15.5. The predicted octanol–water partition coefficient (Wildman–Crippen LogP) is 1.99. The van der Waals surface area contributed by atoms with E-state index in [1.54, 1.807) is 26.4 Å². The van der Waals surface area contributed by atoms with Crippen LogP contribution in [-0.4, -0.2) is 44.1 Å². The number of nitrogens with one attached hydrogen (secondary N) is 2. The van der Waals surface area contributed by atoms with Gasteiger partial charge < -0.3 is 20.1 Å². The molecule has 0 saturated heterocycles. The molecular weight excluding hydrogens is 346 g/mol. The fourth-order valence-corrected chi connectivity index (χ4v) is 2.41. The van der Waals surface area contributed by atoms with E-state index in [1.807, 2.05) is 18.2 Å². The standard InChI is InChI=1S/C20H23N3O4/c1-4-9-22-20(25)16-13-15(8-11-21-16)19(24)23-10-7-14-5-6-17(26-2)18(12-14)27-3/h4-6,8,11-13H,1,7,9-10H2,2-3H3,(H,22,25)(H,23,24). The zero-order valence-corrected chi connectivity index (χ0v) is 15.5. The van der Waals surface area contributed by atoms with E-state index >= 15 is 0 Å². The predicted molar refractivity (Wildman–Crippen MR) is 102 cm³/mol. The fraction of sp³-hybridized carbons (Fsp3) is 0.250. The van der Waals surface area contributed by atoms with Crippen LogP contribution < -0.4 is 20.1 Å². The summed E-state index contributed by atoms with van der Waals surface area (Å²) in [5.41, 5.74) is 1.57. The largest absolute Gasteiger partial charge is 0.493 e. The van der Waals surface area contributed by atoms with Gasteiger partial charge in [-0.25, -0.2) is 0 Å². The highest BCUT2D eigenvalue weighted by Crippen LogP contribution is 2.27. The molecule has 1 aromatic heterocycles. The Labute approximate surface area is 158 Å². The first kappa shape index (κ1) is 20.0. The Morgan fingerprint density at radius 1 is 1.07 bits per heavy atom. The van der Waals surface area contributed by atoms with Gasteiger partial charge >= 0.3 is 0 Å². The van der Waals surface area contributed by atoms with Crippen LogP contribution in [0.1, 0.15) is 26.4 Å². The maximum Gasteiger partial charge on any atom is 0.270 e. The van der Waals surface area contributed by atoms with Gasteiger partial charge in [-0.3, -0.25) is 14.6 Å². The van der Waals surface area contributed by atoms with Gasteiger partial charge in [-0.2, -0.15) is 0 Å². The molecule has 0 atom stereocenters. The number of aromatic nitrogens is 1. The molecule has 2 N–H and O–H groups in total. The molecule has 0 fully saturated rings. The molecule has 0 bridgehead atoms. The summed E-state index contributed by atoms with van der Waals surface area (Å²) in [6, 6.07) is 8.65. The number of carbonyl (C=O) groups is 2. The van der Waals surface area contributed by atoms with Crippen LogP contribution >= 0.6 is 0 Å². The number of amides is 2. The Morgan fingerprint density at radius 2 is 1.85 bits per heavy atom. The van der Waals surface area contributed by atoms with Crippen molar-refractivity contribution < 1.29 is 19.1 Å². The molecule has 7 nitrogen and oxygen atoms in total. The van der Waals surface area contributed by atoms with Gasteiger partial charge in [-0.1, -0.05) is 12.1 Å². The number of hydrogen-bond acceptors (Lipinski definition) is 5. The van der Waals surface area contributed by atoms with Crippen molar-refractivity contribution in [3.63, 3.8) is 0 Å². The van der Waals surface area contributed by atoms with Crippen LogP contribution in [0.2, 0.25) is 0 Å². The van der Waals surface area contributed by atoms with Gasteiger partial charge in [0.2, 0.25) is 0 Å². The van der Waals surface area contributed by atoms with E-state index in [0.29, 0.717) is 36.6 Å². The topological polar surface area (TPSA) is 89.6 Å². The summed E-state index contributed by atoms with van der Waals surface area (Å²) >= 11 is 0. The second kappa shape index (κ2) is 9.96. The van der Waals surface area contributed by atoms with Crippen LogP contribution in [0.5, 0.6) is 11.5 Å². The van der Waals surface area contributed by atoms with Crippen molar-refractivity contribution in [2.24, 2.45) is 0 Å². The van der Waals surface area contributed by atoms with Crippen molar-refractivity contribution in [1.29, 1.82) is 0 Å². The van der Waals surface area contributed by atoms with Crippen LogP contribution in [-0.2, 0) is 6.42 Å². The highest BCUT2D eigenvalue weighted by atomic mass is 16.5. The Bertz CT molecular complexity index is 821. The van der Waals surface area contributed by atoms with Crippen LogP contribution in [0, 0.1) is 0 Å². The minimum atomic E-state index is -0.352. The van der Waals surface area contributed by atoms with Crippen molar-refractivity contribution in [3.05, 3.63) is 66.0 Å². The first-order valence-corrected chi connectivity index (χ1v) is 8.43. The van der Waals surface area contributed by atoms with Gasteiger partial charge in [-0.05, 0) is 36.2 Å². The molecule has 27 heavy (non-hydrogen) atoms. The SMILES string of the molecule is C=CCNC(=O)c1cc(C(=O)NCCc2ccc(OC)c(OC)c2)ccn1. The molecule has 0 radical (unpaired) electrons. The van der Waals surface area contributed by atoms with E-state index in [9.17, 15) is 9.59 Å². The molecular formula is C20H23N3O4. The Morgan fingerprint density at radius 3 is 2.56 bits per heavy atom. The smallest absolute Gasteiger partial charge is 0.270 e. The van der Waals surface area contributed by atoms with Gasteiger partial charge in [0.1, 0.15) is 5.69 Å². The van der Waals surface area contributed by atoms with Crippen molar-refractivity contribution in [3.8, 4) is 11.5 Å². The third-order valence-electron chi connectivity index (χ3n) is 3.81. The number of pyridine rings is 1. The van der Waals surface area contributed by atoms with E-state index in [2.05, 4.69) is 22.2 Å². The molecule has 142 valence electrons. The second-order valence-corrected chi connectivity index (χ2v) is 5.62. The normalized spacial score (nSPS) is 10.0. The summed E-state index contributed by atoms with van der Waals surface area (Å²) in [5.74, 6) is 0.681. The Balaban J connectivity index is 1.94. The lowest BCUT2D eigenvalue weighted by molar-refractivity contribution is 0.0953. The van der Waals surface area contributed by atoms with E-state index in [1.165, 1.54) is 12.3 Å². The molecule has 7 heteroatoms. The summed E-state index contributed by atoms with van der Waals surface area (Å²) in [5, 5.41) is 5.46. The second-order valence-electron chi connectivity index (χ2n) is 5.62. The van der Waals surface area contributed by atoms with Crippen LogP contribution in [0.3, 0.4) is 0 Å². The maximum atomic E-state index is 12.3. The highest BCUT2D eigenvalue weighted by molar-refractivity contribution is 5.98. The van der Waals surface area contributed by atoms with Crippen molar-refractivity contribution in [2.75, 3.05) is 27.3 Å². The number of nitrogens with zero attached hydrogens (tertiary/aromatic N) is 1. The molecule has 1 heterocycles. The van der Waals surface area contributed by atoms with Crippen LogP contribution in [0.15, 0.2) is 49.2 Å². The number of benzene rings is 1. The lowest BCUT2D eigenvalue weighted by Gasteiger charge is -2.10. The lowest BCUT2D eigenvalue weighted by Crippen LogP contribution is -2.27. The molecule has 0 aliphatic rings. The van der Waals surface area contributed by atoms with E-state index in [-0.39, 0.29) is 17.5 Å². The minimum absolute atomic E-state index is 0.185. The molecule has 0 unspecified atom stereocenters. The number of rotatable bonds is 9. The number of ether oxygens (including phenoxy) is 2. The van der Waals surface area contributed by atoms with Crippen LogP contribution in [0.25, 0.3) is 0 Å². The summed E-state index contributed by atoms with van der Waals surface area (Å²) in [6.07, 6.45) is 3.64. The Kier molecular flexibility index (Phi) is 7.37. The molecule has 0 aliphatic heterocycles. The minimum Gasteiger partial charge on any atom is -0.493 e. The first-order chi connectivity index (χ1) is 13.1. The summed E-state index contributed by atoms with van der Waals surface area (Å²) in [6.45, 7) is 4.31. The molecule has 2 rings (SSSR count). The van der Waals surface area contributed by atoms with Crippen molar-refractivity contribution >= 4 is 11.8 Å². The van der Waals surface area contributed by atoms with Gasteiger partial charge in [0.15, 0.2) is 11.5 Å². The van der Waals surface area contributed by atoms with Gasteiger partial charge in [0.25, 0.3) is 11.8 Å². The summed E-state index contributed by atoms with van der Waals surface area (Å²) in [7, 11) is 3.16. The first-order valence-electron chi connectivity index (χ1n) is 8.43. The molecule has 2 aromatic rings.